The third kappa shape index (κ3) is 41.2. The van der Waals surface area contributed by atoms with Crippen LogP contribution in [0.3, 0.4) is 0 Å². The molecule has 0 bridgehead atoms. The number of hydrogen-bond donors (Lipinski definition) is 1. The molecule has 4 heteroatoms. The van der Waals surface area contributed by atoms with E-state index in [2.05, 4.69) is 38.2 Å². The van der Waals surface area contributed by atoms with E-state index in [1.165, 1.54) is 186 Å². The van der Waals surface area contributed by atoms with Crippen LogP contribution < -0.4 is 0 Å². The summed E-state index contributed by atoms with van der Waals surface area (Å²) in [5.41, 5.74) is 0. The summed E-state index contributed by atoms with van der Waals surface area (Å²) in [7, 11) is 0. The van der Waals surface area contributed by atoms with Crippen LogP contribution in [0.4, 0.5) is 0 Å². The molecule has 0 rings (SSSR count). The van der Waals surface area contributed by atoms with Crippen molar-refractivity contribution in [1.82, 2.24) is 0 Å². The molecule has 0 aromatic heterocycles. The molecule has 0 fully saturated rings. The number of aliphatic hydroxyl groups is 1. The van der Waals surface area contributed by atoms with Gasteiger partial charge < -0.3 is 14.6 Å². The molecule has 290 valence electrons. The Labute approximate surface area is 307 Å². The highest BCUT2D eigenvalue weighted by Crippen LogP contribution is 2.15. The lowest BCUT2D eigenvalue weighted by molar-refractivity contribution is -0.154. The van der Waals surface area contributed by atoms with Gasteiger partial charge in [-0.1, -0.05) is 205 Å². The van der Waals surface area contributed by atoms with Gasteiger partial charge in [-0.25, -0.2) is 0 Å². The van der Waals surface area contributed by atoms with E-state index >= 15 is 0 Å². The zero-order valence-corrected chi connectivity index (χ0v) is 33.2. The van der Waals surface area contributed by atoms with Gasteiger partial charge in [0.25, 0.3) is 0 Å². The summed E-state index contributed by atoms with van der Waals surface area (Å²) in [6, 6.07) is 0. The molecule has 0 saturated carbocycles. The van der Waals surface area contributed by atoms with E-state index in [4.69, 9.17) is 9.47 Å². The first-order valence-corrected chi connectivity index (χ1v) is 21.9. The van der Waals surface area contributed by atoms with Gasteiger partial charge in [-0.2, -0.15) is 0 Å². The average molecular weight is 691 g/mol. The number of unbranched alkanes of at least 4 members (excludes halogenated alkanes) is 29. The summed E-state index contributed by atoms with van der Waals surface area (Å²) in [6.45, 7) is 5.37. The summed E-state index contributed by atoms with van der Waals surface area (Å²) in [5, 5.41) is 9.60. The quantitative estimate of drug-likeness (QED) is 0.0394. The van der Waals surface area contributed by atoms with E-state index < -0.39 is 6.10 Å². The molecule has 0 amide bonds. The minimum absolute atomic E-state index is 0.169. The van der Waals surface area contributed by atoms with Gasteiger partial charge >= 0.3 is 5.97 Å². The molecular weight excluding hydrogens is 604 g/mol. The van der Waals surface area contributed by atoms with Crippen molar-refractivity contribution in [3.05, 3.63) is 24.3 Å². The summed E-state index contributed by atoms with van der Waals surface area (Å²) >= 11 is 0. The average Bonchev–Trinajstić information content (AvgIpc) is 3.11. The SMILES string of the molecule is CCCCCCC/C=C\C/C=C\CCCCCCCCCCCC(=O)OC(CO)COCCCCCCCCCCCCCCCCCC. The van der Waals surface area contributed by atoms with Gasteiger partial charge in [0.1, 0.15) is 6.10 Å². The first-order chi connectivity index (χ1) is 24.2. The van der Waals surface area contributed by atoms with Crippen LogP contribution in [-0.4, -0.2) is 37.0 Å². The summed E-state index contributed by atoms with van der Waals surface area (Å²) < 4.78 is 11.2. The molecule has 4 nitrogen and oxygen atoms in total. The number of allylic oxidation sites excluding steroid dienone is 4. The second-order valence-corrected chi connectivity index (χ2v) is 14.8. The van der Waals surface area contributed by atoms with Gasteiger partial charge in [0.15, 0.2) is 0 Å². The maximum atomic E-state index is 12.2. The Morgan fingerprint density at radius 3 is 1.27 bits per heavy atom. The molecular formula is C45H86O4. The Hall–Kier alpha value is -1.13. The zero-order valence-electron chi connectivity index (χ0n) is 33.2. The van der Waals surface area contributed by atoms with Crippen LogP contribution in [0.15, 0.2) is 24.3 Å². The molecule has 0 aliphatic heterocycles. The first-order valence-electron chi connectivity index (χ1n) is 21.9. The lowest BCUT2D eigenvalue weighted by Crippen LogP contribution is -2.27. The van der Waals surface area contributed by atoms with Gasteiger partial charge in [-0.15, -0.1) is 0 Å². The molecule has 0 heterocycles. The number of carbonyl (C=O) groups excluding carboxylic acids is 1. The van der Waals surface area contributed by atoms with Crippen LogP contribution in [0.2, 0.25) is 0 Å². The molecule has 1 unspecified atom stereocenters. The van der Waals surface area contributed by atoms with Crippen molar-refractivity contribution in [3.8, 4) is 0 Å². The first kappa shape index (κ1) is 47.9. The molecule has 1 N–H and O–H groups in total. The Morgan fingerprint density at radius 2 is 0.857 bits per heavy atom. The van der Waals surface area contributed by atoms with E-state index in [1.54, 1.807) is 0 Å². The number of carbonyl (C=O) groups is 1. The summed E-state index contributed by atoms with van der Waals surface area (Å²) in [6.07, 6.45) is 52.4. The fourth-order valence-corrected chi connectivity index (χ4v) is 6.48. The zero-order chi connectivity index (χ0) is 35.6. The van der Waals surface area contributed by atoms with E-state index in [0.717, 1.165) is 25.7 Å². The lowest BCUT2D eigenvalue weighted by Gasteiger charge is -2.16. The molecule has 1 atom stereocenters. The van der Waals surface area contributed by atoms with E-state index in [9.17, 15) is 9.90 Å². The smallest absolute Gasteiger partial charge is 0.306 e. The number of ether oxygens (including phenoxy) is 2. The fourth-order valence-electron chi connectivity index (χ4n) is 6.48. The molecule has 0 aromatic carbocycles. The van der Waals surface area contributed by atoms with E-state index in [0.29, 0.717) is 19.6 Å². The third-order valence-electron chi connectivity index (χ3n) is 9.78. The van der Waals surface area contributed by atoms with Crippen molar-refractivity contribution < 1.29 is 19.4 Å². The van der Waals surface area contributed by atoms with Crippen molar-refractivity contribution in [2.45, 2.75) is 238 Å². The number of rotatable bonds is 41. The van der Waals surface area contributed by atoms with E-state index in [1.807, 2.05) is 0 Å². The highest BCUT2D eigenvalue weighted by Gasteiger charge is 2.13. The molecule has 0 aromatic rings. The van der Waals surface area contributed by atoms with E-state index in [-0.39, 0.29) is 12.6 Å². The van der Waals surface area contributed by atoms with Gasteiger partial charge in [-0.3, -0.25) is 4.79 Å². The van der Waals surface area contributed by atoms with Crippen LogP contribution in [0.1, 0.15) is 232 Å². The largest absolute Gasteiger partial charge is 0.457 e. The lowest BCUT2D eigenvalue weighted by atomic mass is 10.0. The number of hydrogen-bond acceptors (Lipinski definition) is 4. The van der Waals surface area contributed by atoms with Crippen molar-refractivity contribution in [2.75, 3.05) is 19.8 Å². The normalized spacial score (nSPS) is 12.5. The predicted molar refractivity (Wildman–Crippen MR) is 214 cm³/mol. The van der Waals surface area contributed by atoms with Crippen molar-refractivity contribution in [3.63, 3.8) is 0 Å². The Kier molecular flexibility index (Phi) is 42.0. The van der Waals surface area contributed by atoms with Crippen LogP contribution in [0.25, 0.3) is 0 Å². The molecule has 0 aliphatic rings. The topological polar surface area (TPSA) is 55.8 Å². The van der Waals surface area contributed by atoms with Crippen molar-refractivity contribution in [2.24, 2.45) is 0 Å². The second kappa shape index (κ2) is 43.0. The Morgan fingerprint density at radius 1 is 0.490 bits per heavy atom. The molecule has 49 heavy (non-hydrogen) atoms. The van der Waals surface area contributed by atoms with Gasteiger partial charge in [0, 0.05) is 13.0 Å². The van der Waals surface area contributed by atoms with Gasteiger partial charge in [0.05, 0.1) is 13.2 Å². The maximum absolute atomic E-state index is 12.2. The molecule has 0 spiro atoms. The van der Waals surface area contributed by atoms with Crippen molar-refractivity contribution >= 4 is 5.97 Å². The monoisotopic (exact) mass is 691 g/mol. The number of aliphatic hydroxyl groups excluding tert-OH is 1. The highest BCUT2D eigenvalue weighted by molar-refractivity contribution is 5.69. The predicted octanol–water partition coefficient (Wildman–Crippen LogP) is 14.3. The van der Waals surface area contributed by atoms with Crippen LogP contribution in [0.5, 0.6) is 0 Å². The van der Waals surface area contributed by atoms with Gasteiger partial charge in [-0.05, 0) is 44.9 Å². The standard InChI is InChI=1S/C45H86O4/c1-3-5-7-9-11-13-15-17-19-21-22-23-24-25-26-28-30-32-34-36-38-40-45(47)49-44(42-46)43-48-41-39-37-35-33-31-29-27-20-18-16-14-12-10-8-6-4-2/h15,17,21-22,44,46H,3-14,16,18-20,23-43H2,1-2H3/b17-15-,22-21-. The molecule has 0 saturated heterocycles. The number of esters is 1. The van der Waals surface area contributed by atoms with Gasteiger partial charge in [0.2, 0.25) is 0 Å². The maximum Gasteiger partial charge on any atom is 0.306 e. The highest BCUT2D eigenvalue weighted by atomic mass is 16.6. The van der Waals surface area contributed by atoms with Crippen LogP contribution >= 0.6 is 0 Å². The fraction of sp³-hybridized carbons (Fsp3) is 0.889. The van der Waals surface area contributed by atoms with Crippen LogP contribution in [0, 0.1) is 0 Å². The van der Waals surface area contributed by atoms with Crippen LogP contribution in [-0.2, 0) is 14.3 Å². The second-order valence-electron chi connectivity index (χ2n) is 14.8. The Bertz CT molecular complexity index is 688. The molecule has 0 radical (unpaired) electrons. The van der Waals surface area contributed by atoms with Crippen molar-refractivity contribution in [1.29, 1.82) is 0 Å². The minimum atomic E-state index is -0.532. The molecule has 0 aliphatic carbocycles. The summed E-state index contributed by atoms with van der Waals surface area (Å²) in [5.74, 6) is -0.201. The summed E-state index contributed by atoms with van der Waals surface area (Å²) in [4.78, 5) is 12.2. The minimum Gasteiger partial charge on any atom is -0.457 e. The third-order valence-corrected chi connectivity index (χ3v) is 9.78. The Balaban J connectivity index is 3.40.